The van der Waals surface area contributed by atoms with Crippen LogP contribution >= 0.6 is 38.9 Å². The average molecular weight is 394 g/mol. The predicted octanol–water partition coefficient (Wildman–Crippen LogP) is 3.50. The first-order chi connectivity index (χ1) is 9.39. The fraction of sp³-hybridized carbons (Fsp3) is 0.167. The highest BCUT2D eigenvalue weighted by atomic mass is 79.9. The number of anilines is 2. The van der Waals surface area contributed by atoms with Gasteiger partial charge in [0, 0.05) is 12.2 Å². The van der Waals surface area contributed by atoms with Gasteiger partial charge in [-0.25, -0.2) is 8.42 Å². The number of fused-ring (bicyclic) bond motifs is 1. The minimum Gasteiger partial charge on any atom is -0.399 e. The van der Waals surface area contributed by atoms with E-state index in [1.807, 2.05) is 6.07 Å². The molecule has 0 amide bonds. The van der Waals surface area contributed by atoms with Gasteiger partial charge in [-0.2, -0.15) is 0 Å². The first-order valence-electron chi connectivity index (χ1n) is 5.75. The number of nitrogen functional groups attached to an aromatic ring is 1. The molecule has 1 aliphatic rings. The van der Waals surface area contributed by atoms with Crippen LogP contribution in [-0.2, 0) is 16.4 Å². The van der Waals surface area contributed by atoms with Crippen molar-refractivity contribution in [3.05, 3.63) is 38.6 Å². The minimum absolute atomic E-state index is 0.235. The van der Waals surface area contributed by atoms with Crippen LogP contribution in [0.5, 0.6) is 0 Å². The Kier molecular flexibility index (Phi) is 3.48. The Hall–Kier alpha value is -0.760. The number of sulfonamides is 1. The highest BCUT2D eigenvalue weighted by molar-refractivity contribution is 9.11. The third-order valence-electron chi connectivity index (χ3n) is 3.12. The summed E-state index contributed by atoms with van der Waals surface area (Å²) in [6.07, 6.45) is 0.667. The average Bonchev–Trinajstić information content (AvgIpc) is 2.94. The van der Waals surface area contributed by atoms with E-state index in [-0.39, 0.29) is 4.21 Å². The number of hydrogen-bond acceptors (Lipinski definition) is 4. The maximum absolute atomic E-state index is 12.7. The number of halogens is 2. The second-order valence-electron chi connectivity index (χ2n) is 4.40. The van der Waals surface area contributed by atoms with Crippen molar-refractivity contribution in [1.82, 2.24) is 0 Å². The van der Waals surface area contributed by atoms with Gasteiger partial charge in [0.25, 0.3) is 10.0 Å². The minimum atomic E-state index is -3.57. The Morgan fingerprint density at radius 1 is 1.35 bits per heavy atom. The lowest BCUT2D eigenvalue weighted by Crippen LogP contribution is -2.28. The van der Waals surface area contributed by atoms with Crippen molar-refractivity contribution in [2.24, 2.45) is 0 Å². The molecular weight excluding hydrogens is 384 g/mol. The molecule has 1 aliphatic heterocycles. The fourth-order valence-electron chi connectivity index (χ4n) is 2.20. The Morgan fingerprint density at radius 3 is 2.75 bits per heavy atom. The highest BCUT2D eigenvalue weighted by Crippen LogP contribution is 2.39. The smallest absolute Gasteiger partial charge is 0.273 e. The van der Waals surface area contributed by atoms with Crippen molar-refractivity contribution in [2.45, 2.75) is 10.6 Å². The zero-order chi connectivity index (χ0) is 14.5. The molecule has 0 aliphatic carbocycles. The van der Waals surface area contributed by atoms with E-state index < -0.39 is 10.0 Å². The lowest BCUT2D eigenvalue weighted by Gasteiger charge is -2.18. The Labute approximate surface area is 134 Å². The van der Waals surface area contributed by atoms with Gasteiger partial charge in [0.15, 0.2) is 0 Å². The Balaban J connectivity index is 2.07. The monoisotopic (exact) mass is 392 g/mol. The topological polar surface area (TPSA) is 63.4 Å². The van der Waals surface area contributed by atoms with Gasteiger partial charge >= 0.3 is 0 Å². The quantitative estimate of drug-likeness (QED) is 0.794. The zero-order valence-corrected chi connectivity index (χ0v) is 14.1. The van der Waals surface area contributed by atoms with Crippen LogP contribution in [0.15, 0.2) is 32.3 Å². The van der Waals surface area contributed by atoms with Crippen molar-refractivity contribution in [3.8, 4) is 0 Å². The van der Waals surface area contributed by atoms with Crippen LogP contribution in [0.25, 0.3) is 0 Å². The number of rotatable bonds is 2. The Bertz CT molecular complexity index is 769. The van der Waals surface area contributed by atoms with E-state index in [0.717, 1.165) is 16.9 Å². The number of thiophene rings is 1. The van der Waals surface area contributed by atoms with Crippen molar-refractivity contribution in [3.63, 3.8) is 0 Å². The first kappa shape index (κ1) is 14.2. The summed E-state index contributed by atoms with van der Waals surface area (Å²) in [7, 11) is -3.57. The van der Waals surface area contributed by atoms with E-state index in [0.29, 0.717) is 33.1 Å². The van der Waals surface area contributed by atoms with Crippen LogP contribution in [0.3, 0.4) is 0 Å². The van der Waals surface area contributed by atoms with Gasteiger partial charge < -0.3 is 5.73 Å². The van der Waals surface area contributed by atoms with Gasteiger partial charge in [-0.3, -0.25) is 4.31 Å². The van der Waals surface area contributed by atoms with E-state index >= 15 is 0 Å². The van der Waals surface area contributed by atoms with Gasteiger partial charge in [-0.1, -0.05) is 11.6 Å². The van der Waals surface area contributed by atoms with E-state index in [1.165, 1.54) is 10.4 Å². The van der Waals surface area contributed by atoms with E-state index in [2.05, 4.69) is 15.9 Å². The molecule has 0 spiro atoms. The molecule has 20 heavy (non-hydrogen) atoms. The summed E-state index contributed by atoms with van der Waals surface area (Å²) in [6.45, 7) is 0.425. The van der Waals surface area contributed by atoms with Gasteiger partial charge in [0.2, 0.25) is 0 Å². The molecule has 106 valence electrons. The molecule has 0 radical (unpaired) electrons. The van der Waals surface area contributed by atoms with Crippen LogP contribution in [0.1, 0.15) is 5.56 Å². The molecule has 3 rings (SSSR count). The number of nitrogens with zero attached hydrogens (tertiary/aromatic N) is 1. The van der Waals surface area contributed by atoms with Crippen LogP contribution in [0.2, 0.25) is 5.02 Å². The standard InChI is InChI=1S/C12H10BrClN2O2S2/c13-12-9(14)6-11(19-12)20(17,18)16-4-3-7-5-8(15)1-2-10(7)16/h1-2,5-6H,3-4,15H2. The third-order valence-corrected chi connectivity index (χ3v) is 7.86. The van der Waals surface area contributed by atoms with Gasteiger partial charge in [0.05, 0.1) is 14.5 Å². The fourth-order valence-corrected chi connectivity index (χ4v) is 6.22. The number of nitrogens with two attached hydrogens (primary N) is 1. The lowest BCUT2D eigenvalue weighted by atomic mass is 10.1. The number of hydrogen-bond donors (Lipinski definition) is 1. The van der Waals surface area contributed by atoms with Crippen molar-refractivity contribution < 1.29 is 8.42 Å². The summed E-state index contributed by atoms with van der Waals surface area (Å²) in [5.41, 5.74) is 8.02. The summed E-state index contributed by atoms with van der Waals surface area (Å²) < 4.78 is 27.6. The van der Waals surface area contributed by atoms with Crippen LogP contribution in [0, 0.1) is 0 Å². The van der Waals surface area contributed by atoms with Crippen LogP contribution in [-0.4, -0.2) is 15.0 Å². The molecule has 0 unspecified atom stereocenters. The SMILES string of the molecule is Nc1ccc2c(c1)CCN2S(=O)(=O)c1cc(Cl)c(Br)s1. The van der Waals surface area contributed by atoms with Crippen molar-refractivity contribution in [2.75, 3.05) is 16.6 Å². The Morgan fingerprint density at radius 2 is 2.10 bits per heavy atom. The van der Waals surface area contributed by atoms with Crippen molar-refractivity contribution in [1.29, 1.82) is 0 Å². The van der Waals surface area contributed by atoms with Crippen LogP contribution < -0.4 is 10.0 Å². The predicted molar refractivity (Wildman–Crippen MR) is 86.1 cm³/mol. The molecule has 2 heterocycles. The summed E-state index contributed by atoms with van der Waals surface area (Å²) in [6, 6.07) is 6.76. The van der Waals surface area contributed by atoms with Gasteiger partial charge in [-0.05, 0) is 52.2 Å². The molecule has 1 aromatic carbocycles. The second kappa shape index (κ2) is 4.91. The molecular formula is C12H10BrClN2O2S2. The first-order valence-corrected chi connectivity index (χ1v) is 9.18. The zero-order valence-electron chi connectivity index (χ0n) is 10.1. The molecule has 0 atom stereocenters. The van der Waals surface area contributed by atoms with Gasteiger partial charge in [0.1, 0.15) is 4.21 Å². The normalized spacial score (nSPS) is 14.6. The molecule has 0 saturated heterocycles. The molecule has 4 nitrogen and oxygen atoms in total. The third kappa shape index (κ3) is 2.22. The molecule has 2 N–H and O–H groups in total. The summed E-state index contributed by atoms with van der Waals surface area (Å²) in [5, 5.41) is 0.408. The van der Waals surface area contributed by atoms with E-state index in [9.17, 15) is 8.42 Å². The van der Waals surface area contributed by atoms with Crippen LogP contribution in [0.4, 0.5) is 11.4 Å². The molecule has 0 fully saturated rings. The second-order valence-corrected chi connectivity index (χ2v) is 9.27. The van der Waals surface area contributed by atoms with Gasteiger partial charge in [-0.15, -0.1) is 11.3 Å². The molecule has 2 aromatic rings. The van der Waals surface area contributed by atoms with E-state index in [4.69, 9.17) is 17.3 Å². The lowest BCUT2D eigenvalue weighted by molar-refractivity contribution is 0.594. The summed E-state index contributed by atoms with van der Waals surface area (Å²) in [5.74, 6) is 0. The number of benzene rings is 1. The maximum atomic E-state index is 12.7. The molecule has 0 saturated carbocycles. The molecule has 0 bridgehead atoms. The molecule has 8 heteroatoms. The summed E-state index contributed by atoms with van der Waals surface area (Å²) in [4.78, 5) is 0. The maximum Gasteiger partial charge on any atom is 0.273 e. The summed E-state index contributed by atoms with van der Waals surface area (Å²) >= 11 is 10.3. The van der Waals surface area contributed by atoms with Crippen molar-refractivity contribution >= 4 is 60.3 Å². The largest absolute Gasteiger partial charge is 0.399 e. The highest BCUT2D eigenvalue weighted by Gasteiger charge is 2.32. The van der Waals surface area contributed by atoms with E-state index in [1.54, 1.807) is 12.1 Å². The molecule has 1 aromatic heterocycles.